The highest BCUT2D eigenvalue weighted by molar-refractivity contribution is 5.87. The summed E-state index contributed by atoms with van der Waals surface area (Å²) in [6.45, 7) is 2.08. The van der Waals surface area contributed by atoms with Crippen LogP contribution in [0.3, 0.4) is 0 Å². The average Bonchev–Trinajstić information content (AvgIpc) is 2.40. The van der Waals surface area contributed by atoms with Gasteiger partial charge in [-0.15, -0.1) is 0 Å². The van der Waals surface area contributed by atoms with Crippen LogP contribution in [0, 0.1) is 5.92 Å². The van der Waals surface area contributed by atoms with Crippen LogP contribution in [0.15, 0.2) is 36.4 Å². The topological polar surface area (TPSA) is 37.3 Å². The Labute approximate surface area is 108 Å². The van der Waals surface area contributed by atoms with Crippen molar-refractivity contribution < 1.29 is 9.90 Å². The average molecular weight is 244 g/mol. The standard InChI is InChI=1S/C16H20O2/c1-2-3-12-4-6-13(7-5-12)14-8-10-15(11-9-14)16(17)18/h2-3,8-13H,4-7H2,1H3,(H,17,18). The van der Waals surface area contributed by atoms with Crippen molar-refractivity contribution in [2.24, 2.45) is 5.92 Å². The SMILES string of the molecule is CC=CC1CCC(c2ccc(C(=O)O)cc2)CC1. The van der Waals surface area contributed by atoms with E-state index >= 15 is 0 Å². The first-order valence-corrected chi connectivity index (χ1v) is 6.66. The summed E-state index contributed by atoms with van der Waals surface area (Å²) in [5.41, 5.74) is 1.67. The lowest BCUT2D eigenvalue weighted by Crippen LogP contribution is -2.11. The Morgan fingerprint density at radius 3 is 2.28 bits per heavy atom. The molecule has 18 heavy (non-hydrogen) atoms. The summed E-state index contributed by atoms with van der Waals surface area (Å²) in [6, 6.07) is 7.39. The van der Waals surface area contributed by atoms with Crippen LogP contribution >= 0.6 is 0 Å². The Balaban J connectivity index is 1.99. The van der Waals surface area contributed by atoms with Crippen LogP contribution in [-0.2, 0) is 0 Å². The highest BCUT2D eigenvalue weighted by Gasteiger charge is 2.20. The molecule has 2 nitrogen and oxygen atoms in total. The lowest BCUT2D eigenvalue weighted by atomic mass is 9.78. The van der Waals surface area contributed by atoms with Gasteiger partial charge in [-0.05, 0) is 62.1 Å². The van der Waals surface area contributed by atoms with Gasteiger partial charge in [0.1, 0.15) is 0 Å². The van der Waals surface area contributed by atoms with Crippen LogP contribution < -0.4 is 0 Å². The Morgan fingerprint density at radius 2 is 1.78 bits per heavy atom. The molecule has 1 fully saturated rings. The van der Waals surface area contributed by atoms with Crippen molar-refractivity contribution in [1.29, 1.82) is 0 Å². The van der Waals surface area contributed by atoms with Gasteiger partial charge in [0, 0.05) is 0 Å². The van der Waals surface area contributed by atoms with Crippen LogP contribution in [-0.4, -0.2) is 11.1 Å². The highest BCUT2D eigenvalue weighted by atomic mass is 16.4. The molecule has 0 atom stereocenters. The third kappa shape index (κ3) is 3.00. The molecule has 0 bridgehead atoms. The van der Waals surface area contributed by atoms with Gasteiger partial charge in [-0.2, -0.15) is 0 Å². The number of aromatic carboxylic acids is 1. The zero-order valence-electron chi connectivity index (χ0n) is 10.8. The fourth-order valence-electron chi connectivity index (χ4n) is 2.82. The summed E-state index contributed by atoms with van der Waals surface area (Å²) >= 11 is 0. The first-order chi connectivity index (χ1) is 8.70. The number of carbonyl (C=O) groups is 1. The van der Waals surface area contributed by atoms with Gasteiger partial charge in [-0.1, -0.05) is 24.3 Å². The molecular weight excluding hydrogens is 224 g/mol. The van der Waals surface area contributed by atoms with E-state index in [2.05, 4.69) is 19.1 Å². The third-order valence-corrected chi connectivity index (χ3v) is 3.87. The fraction of sp³-hybridized carbons (Fsp3) is 0.438. The molecule has 1 aliphatic rings. The molecule has 0 unspecified atom stereocenters. The molecule has 1 saturated carbocycles. The van der Waals surface area contributed by atoms with E-state index in [9.17, 15) is 4.79 Å². The number of carboxylic acids is 1. The minimum atomic E-state index is -0.849. The summed E-state index contributed by atoms with van der Waals surface area (Å²) in [5, 5.41) is 8.87. The molecule has 1 N–H and O–H groups in total. The van der Waals surface area contributed by atoms with E-state index in [0.29, 0.717) is 11.5 Å². The molecule has 0 heterocycles. The first-order valence-electron chi connectivity index (χ1n) is 6.66. The van der Waals surface area contributed by atoms with E-state index in [1.807, 2.05) is 12.1 Å². The van der Waals surface area contributed by atoms with Crippen LogP contribution in [0.5, 0.6) is 0 Å². The lowest BCUT2D eigenvalue weighted by molar-refractivity contribution is 0.0697. The number of hydrogen-bond acceptors (Lipinski definition) is 1. The van der Waals surface area contributed by atoms with E-state index in [4.69, 9.17) is 5.11 Å². The number of carboxylic acid groups (broad SMARTS) is 1. The molecule has 0 aromatic heterocycles. The molecule has 2 heteroatoms. The van der Waals surface area contributed by atoms with Gasteiger partial charge in [0.2, 0.25) is 0 Å². The van der Waals surface area contributed by atoms with Crippen molar-refractivity contribution in [2.45, 2.75) is 38.5 Å². The molecule has 0 aliphatic heterocycles. The Kier molecular flexibility index (Phi) is 4.19. The molecule has 2 rings (SSSR count). The maximum atomic E-state index is 10.8. The maximum absolute atomic E-state index is 10.8. The Hall–Kier alpha value is -1.57. The van der Waals surface area contributed by atoms with Gasteiger partial charge < -0.3 is 5.11 Å². The van der Waals surface area contributed by atoms with E-state index in [-0.39, 0.29) is 0 Å². The molecule has 1 aromatic carbocycles. The van der Waals surface area contributed by atoms with Crippen molar-refractivity contribution in [3.8, 4) is 0 Å². The number of hydrogen-bond donors (Lipinski definition) is 1. The fourth-order valence-corrected chi connectivity index (χ4v) is 2.82. The molecule has 0 radical (unpaired) electrons. The normalized spacial score (nSPS) is 24.3. The Bertz CT molecular complexity index is 423. The third-order valence-electron chi connectivity index (χ3n) is 3.87. The van der Waals surface area contributed by atoms with Gasteiger partial charge in [0.25, 0.3) is 0 Å². The molecule has 1 aromatic rings. The van der Waals surface area contributed by atoms with Crippen molar-refractivity contribution in [3.05, 3.63) is 47.5 Å². The van der Waals surface area contributed by atoms with Gasteiger partial charge in [-0.3, -0.25) is 0 Å². The minimum absolute atomic E-state index is 0.376. The number of rotatable bonds is 3. The van der Waals surface area contributed by atoms with Gasteiger partial charge in [0.05, 0.1) is 5.56 Å². The quantitative estimate of drug-likeness (QED) is 0.808. The van der Waals surface area contributed by atoms with E-state index < -0.39 is 5.97 Å². The summed E-state index contributed by atoms with van der Waals surface area (Å²) in [5.74, 6) is 0.497. The second-order valence-electron chi connectivity index (χ2n) is 5.06. The summed E-state index contributed by atoms with van der Waals surface area (Å²) < 4.78 is 0. The zero-order chi connectivity index (χ0) is 13.0. The second-order valence-corrected chi connectivity index (χ2v) is 5.06. The summed E-state index contributed by atoms with van der Waals surface area (Å²) in [7, 11) is 0. The molecule has 0 spiro atoms. The van der Waals surface area contributed by atoms with Crippen LogP contribution in [0.2, 0.25) is 0 Å². The van der Waals surface area contributed by atoms with E-state index in [1.165, 1.54) is 31.2 Å². The van der Waals surface area contributed by atoms with Crippen LogP contribution in [0.4, 0.5) is 0 Å². The molecule has 96 valence electrons. The minimum Gasteiger partial charge on any atom is -0.478 e. The zero-order valence-corrected chi connectivity index (χ0v) is 10.8. The van der Waals surface area contributed by atoms with Crippen molar-refractivity contribution in [2.75, 3.05) is 0 Å². The van der Waals surface area contributed by atoms with Gasteiger partial charge in [-0.25, -0.2) is 4.79 Å². The van der Waals surface area contributed by atoms with Gasteiger partial charge >= 0.3 is 5.97 Å². The van der Waals surface area contributed by atoms with E-state index in [1.54, 1.807) is 12.1 Å². The number of allylic oxidation sites excluding steroid dienone is 2. The number of benzene rings is 1. The van der Waals surface area contributed by atoms with Crippen molar-refractivity contribution in [1.82, 2.24) is 0 Å². The monoisotopic (exact) mass is 244 g/mol. The van der Waals surface area contributed by atoms with Crippen LogP contribution in [0.25, 0.3) is 0 Å². The summed E-state index contributed by atoms with van der Waals surface area (Å²) in [6.07, 6.45) is 9.37. The first kappa shape index (κ1) is 12.9. The summed E-state index contributed by atoms with van der Waals surface area (Å²) in [4.78, 5) is 10.8. The van der Waals surface area contributed by atoms with Crippen LogP contribution in [0.1, 0.15) is 54.4 Å². The second kappa shape index (κ2) is 5.85. The smallest absolute Gasteiger partial charge is 0.335 e. The highest BCUT2D eigenvalue weighted by Crippen LogP contribution is 2.36. The predicted octanol–water partition coefficient (Wildman–Crippen LogP) is 4.23. The lowest BCUT2D eigenvalue weighted by Gasteiger charge is -2.27. The molecule has 0 saturated heterocycles. The maximum Gasteiger partial charge on any atom is 0.335 e. The predicted molar refractivity (Wildman–Crippen MR) is 72.9 cm³/mol. The van der Waals surface area contributed by atoms with Crippen molar-refractivity contribution in [3.63, 3.8) is 0 Å². The van der Waals surface area contributed by atoms with Gasteiger partial charge in [0.15, 0.2) is 0 Å². The molecule has 0 amide bonds. The molecular formula is C16H20O2. The van der Waals surface area contributed by atoms with E-state index in [0.717, 1.165) is 5.92 Å². The molecule has 1 aliphatic carbocycles. The Morgan fingerprint density at radius 1 is 1.17 bits per heavy atom. The largest absolute Gasteiger partial charge is 0.478 e. The van der Waals surface area contributed by atoms with Crippen molar-refractivity contribution >= 4 is 5.97 Å².